The summed E-state index contributed by atoms with van der Waals surface area (Å²) in [5.41, 5.74) is 9.14. The molecule has 6 heteroatoms. The normalized spacial score (nSPS) is 25.5. The molecule has 2 aliphatic heterocycles. The van der Waals surface area contributed by atoms with Crippen molar-refractivity contribution in [3.05, 3.63) is 22.2 Å². The summed E-state index contributed by atoms with van der Waals surface area (Å²) in [5.74, 6) is 1.03. The second-order valence-corrected chi connectivity index (χ2v) is 4.11. The van der Waals surface area contributed by atoms with Gasteiger partial charge in [-0.15, -0.1) is 11.8 Å². The van der Waals surface area contributed by atoms with Gasteiger partial charge in [0.2, 0.25) is 5.91 Å². The predicted molar refractivity (Wildman–Crippen MR) is 49.8 cm³/mol. The predicted octanol–water partition coefficient (Wildman–Crippen LogP) is 1.49. The minimum atomic E-state index is 0.163. The minimum absolute atomic E-state index is 0.163. The third-order valence-electron chi connectivity index (χ3n) is 2.07. The molecule has 1 atom stereocenters. The van der Waals surface area contributed by atoms with Crippen LogP contribution in [0.25, 0.3) is 10.4 Å². The number of fused-ring (bicyclic) bond motifs is 1. The summed E-state index contributed by atoms with van der Waals surface area (Å²) in [6.07, 6.45) is 2.47. The van der Waals surface area contributed by atoms with Crippen LogP contribution in [0.15, 0.2) is 16.9 Å². The number of amides is 1. The van der Waals surface area contributed by atoms with Crippen LogP contribution in [0.3, 0.4) is 0 Å². The number of carbonyl (C=O) groups excluding carboxylic acids is 1. The van der Waals surface area contributed by atoms with E-state index in [4.69, 9.17) is 5.53 Å². The number of carbonyl (C=O) groups is 1. The molecule has 2 rings (SSSR count). The summed E-state index contributed by atoms with van der Waals surface area (Å²) in [7, 11) is 0. The first-order valence-electron chi connectivity index (χ1n) is 3.94. The van der Waals surface area contributed by atoms with Crippen LogP contribution in [0, 0.1) is 0 Å². The number of hydrogen-bond donors (Lipinski definition) is 0. The Labute approximate surface area is 79.4 Å². The summed E-state index contributed by atoms with van der Waals surface area (Å²) >= 11 is 1.73. The molecule has 2 aliphatic rings. The topological polar surface area (TPSA) is 69.1 Å². The molecule has 13 heavy (non-hydrogen) atoms. The first-order valence-corrected chi connectivity index (χ1v) is 4.99. The van der Waals surface area contributed by atoms with Crippen LogP contribution in [-0.2, 0) is 4.79 Å². The molecule has 68 valence electrons. The Morgan fingerprint density at radius 3 is 3.38 bits per heavy atom. The number of hydrogen-bond acceptors (Lipinski definition) is 3. The molecule has 0 N–H and O–H groups in total. The van der Waals surface area contributed by atoms with Crippen molar-refractivity contribution in [3.8, 4) is 0 Å². The van der Waals surface area contributed by atoms with Crippen molar-refractivity contribution in [2.24, 2.45) is 5.11 Å². The van der Waals surface area contributed by atoms with Gasteiger partial charge in [0.05, 0.1) is 11.8 Å². The van der Waals surface area contributed by atoms with Crippen LogP contribution in [0.4, 0.5) is 0 Å². The summed E-state index contributed by atoms with van der Waals surface area (Å²) in [4.78, 5) is 15.4. The largest absolute Gasteiger partial charge is 0.306 e. The lowest BCUT2D eigenvalue weighted by Gasteiger charge is -2.40. The Bertz CT molecular complexity index is 320. The molecule has 0 aromatic rings. The van der Waals surface area contributed by atoms with Gasteiger partial charge in [-0.2, -0.15) is 0 Å². The molecule has 0 bridgehead atoms. The summed E-state index contributed by atoms with van der Waals surface area (Å²) < 4.78 is 0. The van der Waals surface area contributed by atoms with Gasteiger partial charge in [-0.3, -0.25) is 4.79 Å². The molecule has 2 heterocycles. The van der Waals surface area contributed by atoms with Crippen molar-refractivity contribution >= 4 is 17.7 Å². The van der Waals surface area contributed by atoms with Crippen LogP contribution in [-0.4, -0.2) is 28.5 Å². The standard InChI is InChI=1S/C7H8N4OS/c8-10-9-2-5-3-11-6(12)1-7(11)13-4-5/h3,7H,1-2,4H2/t7-/m1/s1. The lowest BCUT2D eigenvalue weighted by Crippen LogP contribution is -2.49. The molecule has 1 amide bonds. The Kier molecular flexibility index (Phi) is 2.16. The van der Waals surface area contributed by atoms with Gasteiger partial charge in [0.1, 0.15) is 0 Å². The lowest BCUT2D eigenvalue weighted by molar-refractivity contribution is -0.137. The Morgan fingerprint density at radius 2 is 2.69 bits per heavy atom. The van der Waals surface area contributed by atoms with Gasteiger partial charge in [0.25, 0.3) is 0 Å². The molecule has 1 fully saturated rings. The fourth-order valence-electron chi connectivity index (χ4n) is 1.34. The molecule has 5 nitrogen and oxygen atoms in total. The molecule has 0 aromatic heterocycles. The van der Waals surface area contributed by atoms with Crippen LogP contribution in [0.2, 0.25) is 0 Å². The molecule has 0 radical (unpaired) electrons. The molecule has 0 unspecified atom stereocenters. The second kappa shape index (κ2) is 3.32. The third-order valence-corrected chi connectivity index (χ3v) is 3.38. The van der Waals surface area contributed by atoms with E-state index in [-0.39, 0.29) is 5.91 Å². The minimum Gasteiger partial charge on any atom is -0.306 e. The van der Waals surface area contributed by atoms with E-state index >= 15 is 0 Å². The Morgan fingerprint density at radius 1 is 1.85 bits per heavy atom. The van der Waals surface area contributed by atoms with Crippen molar-refractivity contribution < 1.29 is 4.79 Å². The van der Waals surface area contributed by atoms with E-state index in [1.54, 1.807) is 16.7 Å². The number of β-lactam (4-membered cyclic amide) rings is 1. The zero-order chi connectivity index (χ0) is 9.26. The highest BCUT2D eigenvalue weighted by Crippen LogP contribution is 2.35. The Balaban J connectivity index is 2.05. The first-order chi connectivity index (χ1) is 6.31. The van der Waals surface area contributed by atoms with Gasteiger partial charge >= 0.3 is 0 Å². The number of azide groups is 1. The number of nitrogens with zero attached hydrogens (tertiary/aromatic N) is 4. The lowest BCUT2D eigenvalue weighted by atomic mass is 10.2. The molecule has 0 saturated carbocycles. The van der Waals surface area contributed by atoms with Gasteiger partial charge in [0.15, 0.2) is 0 Å². The van der Waals surface area contributed by atoms with Crippen LogP contribution >= 0.6 is 11.8 Å². The maximum atomic E-state index is 11.0. The number of rotatable bonds is 2. The van der Waals surface area contributed by atoms with Gasteiger partial charge in [-0.1, -0.05) is 5.11 Å². The summed E-state index contributed by atoms with van der Waals surface area (Å²) in [6, 6.07) is 0. The summed E-state index contributed by atoms with van der Waals surface area (Å²) in [5, 5.41) is 3.80. The van der Waals surface area contributed by atoms with E-state index in [1.165, 1.54) is 0 Å². The molecule has 0 aliphatic carbocycles. The molecule has 0 aromatic carbocycles. The van der Waals surface area contributed by atoms with Gasteiger partial charge in [-0.25, -0.2) is 0 Å². The number of thioether (sulfide) groups is 1. The van der Waals surface area contributed by atoms with Crippen molar-refractivity contribution in [3.63, 3.8) is 0 Å². The van der Waals surface area contributed by atoms with Crippen molar-refractivity contribution in [2.75, 3.05) is 12.3 Å². The van der Waals surface area contributed by atoms with Gasteiger partial charge in [-0.05, 0) is 11.1 Å². The smallest absolute Gasteiger partial charge is 0.230 e. The quantitative estimate of drug-likeness (QED) is 0.290. The molecule has 1 saturated heterocycles. The average molecular weight is 196 g/mol. The van der Waals surface area contributed by atoms with E-state index < -0.39 is 0 Å². The SMILES string of the molecule is [N-]=[N+]=NCC1=CN2C(=O)C[C@H]2SC1. The van der Waals surface area contributed by atoms with Crippen molar-refractivity contribution in [1.29, 1.82) is 0 Å². The second-order valence-electron chi connectivity index (χ2n) is 2.95. The van der Waals surface area contributed by atoms with E-state index in [0.29, 0.717) is 18.3 Å². The highest BCUT2D eigenvalue weighted by Gasteiger charge is 2.37. The van der Waals surface area contributed by atoms with Gasteiger partial charge in [0, 0.05) is 23.4 Å². The molecular weight excluding hydrogens is 188 g/mol. The highest BCUT2D eigenvalue weighted by atomic mass is 32.2. The fraction of sp³-hybridized carbons (Fsp3) is 0.571. The van der Waals surface area contributed by atoms with E-state index in [0.717, 1.165) is 11.3 Å². The molecular formula is C7H8N4OS. The third kappa shape index (κ3) is 1.50. The van der Waals surface area contributed by atoms with Crippen molar-refractivity contribution in [1.82, 2.24) is 4.90 Å². The van der Waals surface area contributed by atoms with Crippen LogP contribution < -0.4 is 0 Å². The first kappa shape index (κ1) is 8.47. The van der Waals surface area contributed by atoms with Gasteiger partial charge < -0.3 is 4.90 Å². The highest BCUT2D eigenvalue weighted by molar-refractivity contribution is 8.00. The maximum Gasteiger partial charge on any atom is 0.230 e. The maximum absolute atomic E-state index is 11.0. The summed E-state index contributed by atoms with van der Waals surface area (Å²) in [6.45, 7) is 0.375. The zero-order valence-electron chi connectivity index (χ0n) is 6.88. The monoisotopic (exact) mass is 196 g/mol. The van der Waals surface area contributed by atoms with E-state index in [9.17, 15) is 4.79 Å². The van der Waals surface area contributed by atoms with E-state index in [2.05, 4.69) is 10.0 Å². The van der Waals surface area contributed by atoms with Crippen LogP contribution in [0.1, 0.15) is 6.42 Å². The molecule has 0 spiro atoms. The zero-order valence-corrected chi connectivity index (χ0v) is 7.70. The fourth-order valence-corrected chi connectivity index (χ4v) is 2.51. The average Bonchev–Trinajstić information content (AvgIpc) is 2.14. The van der Waals surface area contributed by atoms with Crippen LogP contribution in [0.5, 0.6) is 0 Å². The van der Waals surface area contributed by atoms with E-state index in [1.807, 2.05) is 6.20 Å². The Hall–Kier alpha value is -1.13. The van der Waals surface area contributed by atoms with Crippen molar-refractivity contribution in [2.45, 2.75) is 11.8 Å².